The summed E-state index contributed by atoms with van der Waals surface area (Å²) in [7, 11) is 1.35. The number of methoxy groups -OCH3 is 1. The Bertz CT molecular complexity index is 664. The number of nitrogens with zero attached hydrogens (tertiary/aromatic N) is 4. The van der Waals surface area contributed by atoms with Crippen LogP contribution in [0.1, 0.15) is 47.8 Å². The number of hydrogen-bond donors (Lipinski definition) is 0. The van der Waals surface area contributed by atoms with Gasteiger partial charge in [-0.2, -0.15) is 0 Å². The lowest BCUT2D eigenvalue weighted by Crippen LogP contribution is -2.34. The van der Waals surface area contributed by atoms with Gasteiger partial charge in [-0.05, 0) is 38.4 Å². The molecule has 23 heavy (non-hydrogen) atoms. The van der Waals surface area contributed by atoms with E-state index in [1.54, 1.807) is 12.4 Å². The maximum absolute atomic E-state index is 11.4. The highest BCUT2D eigenvalue weighted by atomic mass is 16.5. The number of hydrogen-bond acceptors (Lipinski definition) is 6. The number of furan rings is 1. The Morgan fingerprint density at radius 1 is 1.48 bits per heavy atom. The van der Waals surface area contributed by atoms with Gasteiger partial charge < -0.3 is 13.7 Å². The van der Waals surface area contributed by atoms with E-state index < -0.39 is 5.97 Å². The SMILES string of the molecule is CCn1cnnc1[C@@H]1CCCN(Cc2ccc(C(=O)OC)o2)C1. The molecule has 0 bridgehead atoms. The standard InChI is InChI=1S/C16H22N4O3/c1-3-20-11-17-18-15(20)12-5-4-8-19(9-12)10-13-6-7-14(23-13)16(21)22-2/h6-7,11-12H,3-5,8-10H2,1-2H3/t12-/m1/s1. The minimum absolute atomic E-state index is 0.252. The molecule has 1 fully saturated rings. The van der Waals surface area contributed by atoms with Crippen molar-refractivity contribution >= 4 is 5.97 Å². The smallest absolute Gasteiger partial charge is 0.373 e. The summed E-state index contributed by atoms with van der Waals surface area (Å²) in [4.78, 5) is 13.8. The van der Waals surface area contributed by atoms with E-state index in [4.69, 9.17) is 4.42 Å². The van der Waals surface area contributed by atoms with Crippen LogP contribution in [0.2, 0.25) is 0 Å². The fraction of sp³-hybridized carbons (Fsp3) is 0.562. The number of esters is 1. The number of aromatic nitrogens is 3. The van der Waals surface area contributed by atoms with Crippen molar-refractivity contribution in [3.05, 3.63) is 35.8 Å². The second kappa shape index (κ2) is 6.95. The zero-order valence-corrected chi connectivity index (χ0v) is 13.6. The molecule has 0 aromatic carbocycles. The quantitative estimate of drug-likeness (QED) is 0.786. The molecule has 0 spiro atoms. The largest absolute Gasteiger partial charge is 0.463 e. The molecule has 2 aromatic heterocycles. The molecule has 3 rings (SSSR count). The molecule has 0 N–H and O–H groups in total. The third-order valence-corrected chi connectivity index (χ3v) is 4.28. The molecule has 0 aliphatic carbocycles. The maximum atomic E-state index is 11.4. The Morgan fingerprint density at radius 2 is 2.35 bits per heavy atom. The van der Waals surface area contributed by atoms with Crippen LogP contribution in [0.5, 0.6) is 0 Å². The van der Waals surface area contributed by atoms with Gasteiger partial charge in [-0.25, -0.2) is 4.79 Å². The number of ether oxygens (including phenoxy) is 1. The molecule has 7 nitrogen and oxygen atoms in total. The van der Waals surface area contributed by atoms with Gasteiger partial charge in [0.2, 0.25) is 5.76 Å². The second-order valence-electron chi connectivity index (χ2n) is 5.81. The first-order valence-corrected chi connectivity index (χ1v) is 7.98. The average Bonchev–Trinajstić information content (AvgIpc) is 3.23. The fourth-order valence-electron chi connectivity index (χ4n) is 3.13. The zero-order valence-electron chi connectivity index (χ0n) is 13.6. The number of aryl methyl sites for hydroxylation is 1. The van der Waals surface area contributed by atoms with Gasteiger partial charge in [0.05, 0.1) is 13.7 Å². The van der Waals surface area contributed by atoms with Crippen LogP contribution in [0, 0.1) is 0 Å². The number of carbonyl (C=O) groups excluding carboxylic acids is 1. The number of piperidine rings is 1. The van der Waals surface area contributed by atoms with Gasteiger partial charge >= 0.3 is 5.97 Å². The third-order valence-electron chi connectivity index (χ3n) is 4.28. The van der Waals surface area contributed by atoms with E-state index in [0.29, 0.717) is 12.5 Å². The summed E-state index contributed by atoms with van der Waals surface area (Å²) >= 11 is 0. The fourth-order valence-corrected chi connectivity index (χ4v) is 3.13. The molecule has 3 heterocycles. The van der Waals surface area contributed by atoms with Crippen molar-refractivity contribution in [2.75, 3.05) is 20.2 Å². The lowest BCUT2D eigenvalue weighted by molar-refractivity contribution is 0.0560. The predicted octanol–water partition coefficient (Wildman–Crippen LogP) is 2.06. The van der Waals surface area contributed by atoms with Crippen LogP contribution < -0.4 is 0 Å². The normalized spacial score (nSPS) is 19.0. The van der Waals surface area contributed by atoms with Gasteiger partial charge in [0.25, 0.3) is 0 Å². The van der Waals surface area contributed by atoms with E-state index in [1.807, 2.05) is 6.07 Å². The van der Waals surface area contributed by atoms with Gasteiger partial charge in [-0.1, -0.05) is 0 Å². The summed E-state index contributed by atoms with van der Waals surface area (Å²) < 4.78 is 12.3. The zero-order chi connectivity index (χ0) is 16.2. The highest BCUT2D eigenvalue weighted by Crippen LogP contribution is 2.26. The number of carbonyl (C=O) groups is 1. The summed E-state index contributed by atoms with van der Waals surface area (Å²) in [6.45, 7) is 5.62. The Kier molecular flexibility index (Phi) is 4.76. The molecular formula is C16H22N4O3. The molecule has 1 aliphatic heterocycles. The van der Waals surface area contributed by atoms with Crippen molar-refractivity contribution in [2.45, 2.75) is 38.8 Å². The molecule has 1 saturated heterocycles. The summed E-state index contributed by atoms with van der Waals surface area (Å²) in [5, 5.41) is 8.33. The van der Waals surface area contributed by atoms with Gasteiger partial charge in [0, 0.05) is 19.0 Å². The topological polar surface area (TPSA) is 73.4 Å². The molecule has 0 unspecified atom stereocenters. The van der Waals surface area contributed by atoms with Crippen LogP contribution >= 0.6 is 0 Å². The summed E-state index contributed by atoms with van der Waals surface area (Å²) in [5.74, 6) is 2.04. The molecule has 7 heteroatoms. The van der Waals surface area contributed by atoms with Crippen LogP contribution in [0.25, 0.3) is 0 Å². The third kappa shape index (κ3) is 3.44. The molecule has 0 saturated carbocycles. The van der Waals surface area contributed by atoms with E-state index >= 15 is 0 Å². The first kappa shape index (κ1) is 15.7. The van der Waals surface area contributed by atoms with Crippen LogP contribution in [-0.4, -0.2) is 45.8 Å². The number of rotatable bonds is 5. The first-order chi connectivity index (χ1) is 11.2. The summed E-state index contributed by atoms with van der Waals surface area (Å²) in [5.41, 5.74) is 0. The lowest BCUT2D eigenvalue weighted by atomic mass is 9.97. The predicted molar refractivity (Wildman–Crippen MR) is 83.0 cm³/mol. The Labute approximate surface area is 135 Å². The molecule has 1 aliphatic rings. The molecule has 124 valence electrons. The molecular weight excluding hydrogens is 296 g/mol. The molecule has 1 atom stereocenters. The van der Waals surface area contributed by atoms with Crippen LogP contribution in [0.15, 0.2) is 22.9 Å². The van der Waals surface area contributed by atoms with Crippen molar-refractivity contribution in [1.82, 2.24) is 19.7 Å². The highest BCUT2D eigenvalue weighted by Gasteiger charge is 2.25. The van der Waals surface area contributed by atoms with Crippen molar-refractivity contribution in [2.24, 2.45) is 0 Å². The van der Waals surface area contributed by atoms with Gasteiger partial charge in [-0.15, -0.1) is 10.2 Å². The van der Waals surface area contributed by atoms with Gasteiger partial charge in [-0.3, -0.25) is 4.90 Å². The van der Waals surface area contributed by atoms with Gasteiger partial charge in [0.15, 0.2) is 0 Å². The monoisotopic (exact) mass is 318 g/mol. The first-order valence-electron chi connectivity index (χ1n) is 7.98. The van der Waals surface area contributed by atoms with E-state index in [1.165, 1.54) is 7.11 Å². The summed E-state index contributed by atoms with van der Waals surface area (Å²) in [6.07, 6.45) is 4.04. The Morgan fingerprint density at radius 3 is 3.13 bits per heavy atom. The summed E-state index contributed by atoms with van der Waals surface area (Å²) in [6, 6.07) is 3.50. The lowest BCUT2D eigenvalue weighted by Gasteiger charge is -2.31. The number of likely N-dealkylation sites (tertiary alicyclic amines) is 1. The van der Waals surface area contributed by atoms with Crippen molar-refractivity contribution < 1.29 is 13.9 Å². The minimum Gasteiger partial charge on any atom is -0.463 e. The highest BCUT2D eigenvalue weighted by molar-refractivity contribution is 5.86. The van der Waals surface area contributed by atoms with E-state index in [0.717, 1.165) is 44.1 Å². The average molecular weight is 318 g/mol. The molecule has 0 amide bonds. The van der Waals surface area contributed by atoms with Crippen molar-refractivity contribution in [3.63, 3.8) is 0 Å². The minimum atomic E-state index is -0.441. The van der Waals surface area contributed by atoms with E-state index in [2.05, 4.69) is 31.3 Å². The van der Waals surface area contributed by atoms with Crippen LogP contribution in [0.3, 0.4) is 0 Å². The van der Waals surface area contributed by atoms with Crippen LogP contribution in [-0.2, 0) is 17.8 Å². The second-order valence-corrected chi connectivity index (χ2v) is 5.81. The van der Waals surface area contributed by atoms with Crippen molar-refractivity contribution in [1.29, 1.82) is 0 Å². The van der Waals surface area contributed by atoms with Crippen LogP contribution in [0.4, 0.5) is 0 Å². The van der Waals surface area contributed by atoms with E-state index in [9.17, 15) is 4.79 Å². The Hall–Kier alpha value is -2.15. The van der Waals surface area contributed by atoms with E-state index in [-0.39, 0.29) is 5.76 Å². The molecule has 2 aromatic rings. The van der Waals surface area contributed by atoms with Gasteiger partial charge in [0.1, 0.15) is 17.9 Å². The molecule has 0 radical (unpaired) electrons. The maximum Gasteiger partial charge on any atom is 0.373 e. The Balaban J connectivity index is 1.65. The van der Waals surface area contributed by atoms with Crippen molar-refractivity contribution in [3.8, 4) is 0 Å².